The summed E-state index contributed by atoms with van der Waals surface area (Å²) in [6.07, 6.45) is 2.02. The summed E-state index contributed by atoms with van der Waals surface area (Å²) in [5.74, 6) is 0.395. The summed E-state index contributed by atoms with van der Waals surface area (Å²) in [4.78, 5) is 25.6. The van der Waals surface area contributed by atoms with Gasteiger partial charge in [-0.2, -0.15) is 0 Å². The Balaban J connectivity index is 1.71. The van der Waals surface area contributed by atoms with Crippen molar-refractivity contribution in [1.82, 2.24) is 14.8 Å². The number of Topliss-reactive ketones (excluding diaryl/α,β-unsaturated/α-hetero) is 1. The molecule has 0 bridgehead atoms. The molecule has 6 nitrogen and oxygen atoms in total. The van der Waals surface area contributed by atoms with Crippen LogP contribution >= 0.6 is 11.8 Å². The number of likely N-dealkylation sites (N-methyl/N-ethyl adjacent to an activating group) is 1. The molecule has 2 aromatic rings. The molecule has 0 fully saturated rings. The molecule has 0 unspecified atom stereocenters. The number of aromatic nitrogens is 3. The number of anilines is 1. The van der Waals surface area contributed by atoms with E-state index in [4.69, 9.17) is 0 Å². The number of thioether (sulfide) groups is 1. The van der Waals surface area contributed by atoms with Gasteiger partial charge in [0.25, 0.3) is 0 Å². The van der Waals surface area contributed by atoms with Crippen LogP contribution in [-0.2, 0) is 17.8 Å². The molecule has 1 aromatic heterocycles. The summed E-state index contributed by atoms with van der Waals surface area (Å²) in [5.41, 5.74) is 2.44. The molecule has 1 aliphatic heterocycles. The predicted molar refractivity (Wildman–Crippen MR) is 84.3 cm³/mol. The summed E-state index contributed by atoms with van der Waals surface area (Å²) in [5, 5.41) is 8.59. The molecular formula is C15H16N4O2S. The highest BCUT2D eigenvalue weighted by Gasteiger charge is 2.24. The summed E-state index contributed by atoms with van der Waals surface area (Å²) in [7, 11) is 1.75. The number of nitrogens with zero attached hydrogens (tertiary/aromatic N) is 4. The van der Waals surface area contributed by atoms with Gasteiger partial charge < -0.3 is 9.47 Å². The molecule has 22 heavy (non-hydrogen) atoms. The van der Waals surface area contributed by atoms with Crippen molar-refractivity contribution < 1.29 is 9.59 Å². The monoisotopic (exact) mass is 316 g/mol. The molecule has 0 atom stereocenters. The van der Waals surface area contributed by atoms with E-state index in [-0.39, 0.29) is 11.7 Å². The third-order valence-corrected chi connectivity index (χ3v) is 4.71. The Morgan fingerprint density at radius 3 is 3.00 bits per heavy atom. The second-order valence-corrected chi connectivity index (χ2v) is 6.03. The quantitative estimate of drug-likeness (QED) is 0.621. The highest BCUT2D eigenvalue weighted by Crippen LogP contribution is 2.29. The van der Waals surface area contributed by atoms with Crippen molar-refractivity contribution in [3.63, 3.8) is 0 Å². The third-order valence-electron chi connectivity index (χ3n) is 3.73. The highest BCUT2D eigenvalue weighted by atomic mass is 32.2. The van der Waals surface area contributed by atoms with Gasteiger partial charge in [-0.25, -0.2) is 0 Å². The lowest BCUT2D eigenvalue weighted by Crippen LogP contribution is -2.20. The fourth-order valence-corrected chi connectivity index (χ4v) is 3.30. The van der Waals surface area contributed by atoms with Gasteiger partial charge in [-0.15, -0.1) is 10.2 Å². The van der Waals surface area contributed by atoms with Crippen LogP contribution in [-0.4, -0.2) is 39.3 Å². The van der Waals surface area contributed by atoms with Crippen LogP contribution in [0.4, 0.5) is 5.69 Å². The molecule has 7 heteroatoms. The van der Waals surface area contributed by atoms with Crippen molar-refractivity contribution in [1.29, 1.82) is 0 Å². The van der Waals surface area contributed by atoms with E-state index in [0.717, 1.165) is 23.0 Å². The average Bonchev–Trinajstić information content (AvgIpc) is 3.09. The zero-order chi connectivity index (χ0) is 15.7. The molecule has 1 aliphatic rings. The summed E-state index contributed by atoms with van der Waals surface area (Å²) in [6.45, 7) is 2.78. The zero-order valence-corrected chi connectivity index (χ0v) is 13.3. The Labute approximate surface area is 132 Å². The molecule has 0 aliphatic carbocycles. The van der Waals surface area contributed by atoms with Crippen LogP contribution < -0.4 is 4.90 Å². The molecule has 114 valence electrons. The van der Waals surface area contributed by atoms with E-state index in [9.17, 15) is 9.59 Å². The molecule has 1 aromatic carbocycles. The van der Waals surface area contributed by atoms with Gasteiger partial charge >= 0.3 is 0 Å². The first-order chi connectivity index (χ1) is 10.6. The van der Waals surface area contributed by atoms with E-state index >= 15 is 0 Å². The number of benzene rings is 1. The lowest BCUT2D eigenvalue weighted by Gasteiger charge is -2.10. The van der Waals surface area contributed by atoms with Crippen molar-refractivity contribution in [2.75, 3.05) is 17.7 Å². The maximum absolute atomic E-state index is 12.3. The van der Waals surface area contributed by atoms with Crippen LogP contribution in [0.25, 0.3) is 0 Å². The fourth-order valence-electron chi connectivity index (χ4n) is 2.43. The van der Waals surface area contributed by atoms with Crippen LogP contribution in [0.2, 0.25) is 0 Å². The van der Waals surface area contributed by atoms with E-state index in [2.05, 4.69) is 10.2 Å². The van der Waals surface area contributed by atoms with Crippen molar-refractivity contribution >= 4 is 29.1 Å². The predicted octanol–water partition coefficient (Wildman–Crippen LogP) is 1.79. The number of fused-ring (bicyclic) bond motifs is 1. The maximum Gasteiger partial charge on any atom is 0.231 e. The number of hydrogen-bond donors (Lipinski definition) is 0. The Morgan fingerprint density at radius 1 is 1.41 bits per heavy atom. The lowest BCUT2D eigenvalue weighted by atomic mass is 10.1. The van der Waals surface area contributed by atoms with E-state index < -0.39 is 0 Å². The van der Waals surface area contributed by atoms with Gasteiger partial charge in [-0.05, 0) is 30.7 Å². The third kappa shape index (κ3) is 2.64. The number of carbonyl (C=O) groups excluding carboxylic acids is 2. The Bertz CT molecular complexity index is 741. The molecule has 0 spiro atoms. The largest absolute Gasteiger partial charge is 0.315 e. The molecule has 0 saturated heterocycles. The molecule has 0 N–H and O–H groups in total. The number of hydrogen-bond acceptors (Lipinski definition) is 5. The first-order valence-corrected chi connectivity index (χ1v) is 8.02. The van der Waals surface area contributed by atoms with Crippen LogP contribution in [0.1, 0.15) is 22.8 Å². The second-order valence-electron chi connectivity index (χ2n) is 5.08. The average molecular weight is 316 g/mol. The van der Waals surface area contributed by atoms with Crippen molar-refractivity contribution in [3.05, 3.63) is 35.7 Å². The SMILES string of the molecule is CCn1cnnc1SCC(=O)c1ccc2c(c1)CC(=O)N2C. The van der Waals surface area contributed by atoms with Gasteiger partial charge in [-0.3, -0.25) is 9.59 Å². The standard InChI is InChI=1S/C15H16N4O2S/c1-3-19-9-16-17-15(19)22-8-13(20)10-4-5-12-11(6-10)7-14(21)18(12)2/h4-6,9H,3,7-8H2,1-2H3. The van der Waals surface area contributed by atoms with Gasteiger partial charge in [0.1, 0.15) is 6.33 Å². The van der Waals surface area contributed by atoms with E-state index in [1.165, 1.54) is 11.8 Å². The number of carbonyl (C=O) groups is 2. The van der Waals surface area contributed by atoms with Crippen LogP contribution in [0.15, 0.2) is 29.7 Å². The maximum atomic E-state index is 12.3. The van der Waals surface area contributed by atoms with Gasteiger partial charge in [0.05, 0.1) is 12.2 Å². The highest BCUT2D eigenvalue weighted by molar-refractivity contribution is 7.99. The molecule has 0 saturated carbocycles. The molecule has 3 rings (SSSR count). The van der Waals surface area contributed by atoms with Gasteiger partial charge in [0.2, 0.25) is 5.91 Å². The number of aryl methyl sites for hydroxylation is 1. The first-order valence-electron chi connectivity index (χ1n) is 7.03. The Morgan fingerprint density at radius 2 is 2.23 bits per heavy atom. The number of ketones is 1. The van der Waals surface area contributed by atoms with Crippen molar-refractivity contribution in [2.45, 2.75) is 25.0 Å². The first kappa shape index (κ1) is 14.8. The minimum absolute atomic E-state index is 0.0282. The zero-order valence-electron chi connectivity index (χ0n) is 12.4. The summed E-state index contributed by atoms with van der Waals surface area (Å²) in [6, 6.07) is 5.44. The van der Waals surface area contributed by atoms with Crippen molar-refractivity contribution in [2.24, 2.45) is 0 Å². The van der Waals surface area contributed by atoms with Gasteiger partial charge in [0, 0.05) is 24.8 Å². The van der Waals surface area contributed by atoms with Crippen molar-refractivity contribution in [3.8, 4) is 0 Å². The van der Waals surface area contributed by atoms with E-state index in [1.54, 1.807) is 24.3 Å². The van der Waals surface area contributed by atoms with Gasteiger partial charge in [-0.1, -0.05) is 11.8 Å². The minimum atomic E-state index is 0.0282. The Hall–Kier alpha value is -2.15. The second kappa shape index (κ2) is 5.92. The number of amides is 1. The molecule has 1 amide bonds. The minimum Gasteiger partial charge on any atom is -0.315 e. The van der Waals surface area contributed by atoms with E-state index in [1.807, 2.05) is 23.6 Å². The molecule has 2 heterocycles. The topological polar surface area (TPSA) is 68.1 Å². The summed E-state index contributed by atoms with van der Waals surface area (Å²) >= 11 is 1.38. The Kier molecular flexibility index (Phi) is 3.98. The smallest absolute Gasteiger partial charge is 0.231 e. The van der Waals surface area contributed by atoms with Gasteiger partial charge in [0.15, 0.2) is 10.9 Å². The lowest BCUT2D eigenvalue weighted by molar-refractivity contribution is -0.117. The number of rotatable bonds is 5. The van der Waals surface area contributed by atoms with E-state index in [0.29, 0.717) is 17.7 Å². The van der Waals surface area contributed by atoms with Crippen LogP contribution in [0.5, 0.6) is 0 Å². The normalized spacial score (nSPS) is 13.5. The van der Waals surface area contributed by atoms with Crippen LogP contribution in [0.3, 0.4) is 0 Å². The molecule has 0 radical (unpaired) electrons. The fraction of sp³-hybridized carbons (Fsp3) is 0.333. The molecular weight excluding hydrogens is 300 g/mol. The van der Waals surface area contributed by atoms with Crippen LogP contribution in [0, 0.1) is 0 Å². The summed E-state index contributed by atoms with van der Waals surface area (Å²) < 4.78 is 1.90.